The van der Waals surface area contributed by atoms with Gasteiger partial charge < -0.3 is 213 Å². The quantitative estimate of drug-likeness (QED) is 0.00937. The fraction of sp³-hybridized carbons (Fsp3) is 0.863. The van der Waals surface area contributed by atoms with Crippen molar-refractivity contribution in [2.24, 2.45) is 50.2 Å². The van der Waals surface area contributed by atoms with Crippen LogP contribution in [0.4, 0.5) is 0 Å². The molecule has 46 heteroatoms. The molecule has 0 bridgehead atoms. The average molecular weight is 2030 g/mol. The van der Waals surface area contributed by atoms with Crippen LogP contribution in [0.25, 0.3) is 0 Å². The zero-order chi connectivity index (χ0) is 104. The van der Waals surface area contributed by atoms with Gasteiger partial charge in [-0.05, 0) is 138 Å². The van der Waals surface area contributed by atoms with E-state index in [9.17, 15) is 132 Å². The molecule has 13 rings (SSSR count). The maximum absolute atomic E-state index is 16.8. The minimum Gasteiger partial charge on any atom is -0.458 e. The number of esters is 3. The third-order valence-corrected chi connectivity index (χ3v) is 33.2. The molecule has 0 spiro atoms. The lowest BCUT2D eigenvalue weighted by Gasteiger charge is -2.72. The Morgan fingerprint density at radius 1 is 0.454 bits per heavy atom. The SMILES string of the molecule is C=C[C@@](C)(O)CC/C=C(\CO)C(=O)O[C@H]1[C@H](O)[C@@H](O)[C@H](O[C@](C)(C=C)CC/C=C(/CO)C(=O)O[C@@H]2C[C@]3(C(=O)O[C@@H]4O[C@H](CO)[C@@H](O)[C@H](O)[C@H]4O[C@@H]4O[C@@H](C)[C@H](O[C@@H]5O[C@H](CO)[C@H](O)[C@H]5O)[C@@H](O[C@@H]5O[C@H](CO)[C@@H](O)[C@H](O)[C@H]5O)[C@H]4O)[C@H](O)C[C@]4(C)C(=CC[C@@H]5[C@]6(C)CC[C@@H](O[C@@H]7O[C@H](CO[C@@H]8OC[C@H](O)[C@H](O)[C@H]8O[C@@H]8OC[C@@H](O)[C@H](O)[C@H]8O)[C@@H](O)[C@H](O)[C@H]7O)C(C)(C)[C@H]6CC[C@]54C)[C@H]3CC2(C)C)O[C@@H]1C. The van der Waals surface area contributed by atoms with Gasteiger partial charge in [-0.15, -0.1) is 13.2 Å². The Bertz CT molecular complexity index is 4310. The summed E-state index contributed by atoms with van der Waals surface area (Å²) < 4.78 is 109. The molecule has 25 N–H and O–H groups in total. The van der Waals surface area contributed by atoms with Crippen molar-refractivity contribution >= 4 is 17.9 Å². The van der Waals surface area contributed by atoms with Gasteiger partial charge in [-0.25, -0.2) is 9.59 Å². The van der Waals surface area contributed by atoms with Crippen molar-refractivity contribution in [3.05, 3.63) is 60.3 Å². The van der Waals surface area contributed by atoms with E-state index in [0.29, 0.717) is 37.7 Å². The van der Waals surface area contributed by atoms with Gasteiger partial charge in [0.25, 0.3) is 0 Å². The molecule has 0 amide bonds. The smallest absolute Gasteiger partial charge is 0.336 e. The number of carbonyl (C=O) groups is 3. The van der Waals surface area contributed by atoms with E-state index >= 15 is 9.59 Å². The lowest BCUT2D eigenvalue weighted by molar-refractivity contribution is -0.390. The van der Waals surface area contributed by atoms with Crippen LogP contribution in [0, 0.1) is 50.2 Å². The highest BCUT2D eigenvalue weighted by atomic mass is 16.8. The minimum atomic E-state index is -2.29. The van der Waals surface area contributed by atoms with Gasteiger partial charge in [0.05, 0.1) is 99.6 Å². The highest BCUT2D eigenvalue weighted by Gasteiger charge is 2.74. The number of allylic oxidation sites excluding steroid dienone is 4. The van der Waals surface area contributed by atoms with Gasteiger partial charge in [-0.1, -0.05) is 84.4 Å². The predicted octanol–water partition coefficient (Wildman–Crippen LogP) is -6.45. The van der Waals surface area contributed by atoms with E-state index in [4.69, 9.17) is 85.3 Å². The standard InChI is InChI=1S/C95H150O46/c1-14-90(9,123)24-16-18-42(32-97)78(121)135-72-39(3)128-84(70(118)65(72)113)141-91(10,15-2)25-17-19-41(31-96)77(120)133-55-30-95(87(122)140-86-76(64(112)59(107)48(34-99)131-86)139-83-71(119)74(137-82-69(117)62(110)58(106)47(33-98)129-82)73(40(4)127-83)136-81-67(115)60(108)49(35-100)130-81)44(28-88(55,5)6)43-20-21-52-92(11)26-23-54(89(7,8)51(92)22-27-93(52,12)94(43,13)29-53(95)103)134-80-68(116)63(111)61(109)50(132-80)38-126-85-75(57(105)46(102)37-125-85)138-79-66(114)56(104)45(101)36-124-79/h14-15,18-20,39-40,44-76,79-86,96-119,123H,1-2,16-17,21-38H2,3-13H3/b41-19-,42-18+/t39-,40+,44-,45-,46+,47-,48-,49-,50-,51-,52-,53-,54-,55-,56+,57+,58-,59-,60+,61-,62+,63+,64+,65-,66-,67-,68-,69-,70-,71-,72-,73+,74+,75-,76-,79+,80+,81+,82+,83+,84+,85+,86+,90-,91-,92-,93-,94-,95-/m1/s1. The van der Waals surface area contributed by atoms with Crippen LogP contribution in [0.2, 0.25) is 0 Å². The molecule has 5 aliphatic carbocycles. The minimum absolute atomic E-state index is 0.0532. The van der Waals surface area contributed by atoms with Crippen molar-refractivity contribution in [2.75, 3.05) is 52.9 Å². The van der Waals surface area contributed by atoms with Crippen LogP contribution < -0.4 is 0 Å². The first-order valence-corrected chi connectivity index (χ1v) is 48.6. The maximum Gasteiger partial charge on any atom is 0.336 e. The van der Waals surface area contributed by atoms with E-state index < -0.39 is 372 Å². The van der Waals surface area contributed by atoms with E-state index in [1.807, 2.05) is 20.8 Å². The van der Waals surface area contributed by atoms with Crippen molar-refractivity contribution in [3.63, 3.8) is 0 Å². The molecule has 141 heavy (non-hydrogen) atoms. The van der Waals surface area contributed by atoms with Gasteiger partial charge in [0, 0.05) is 11.8 Å². The van der Waals surface area contributed by atoms with E-state index in [-0.39, 0.29) is 61.5 Å². The van der Waals surface area contributed by atoms with Crippen LogP contribution in [0.1, 0.15) is 153 Å². The molecule has 0 aromatic heterocycles. The molecule has 0 unspecified atom stereocenters. The second-order valence-corrected chi connectivity index (χ2v) is 43.0. The molecule has 46 nitrogen and oxygen atoms in total. The van der Waals surface area contributed by atoms with Gasteiger partial charge in [0.1, 0.15) is 164 Å². The molecule has 0 aromatic carbocycles. The second-order valence-electron chi connectivity index (χ2n) is 43.0. The van der Waals surface area contributed by atoms with Crippen molar-refractivity contribution in [3.8, 4) is 0 Å². The summed E-state index contributed by atoms with van der Waals surface area (Å²) in [5.41, 5.74) is -9.05. The van der Waals surface area contributed by atoms with Crippen molar-refractivity contribution < 1.29 is 227 Å². The number of carbonyl (C=O) groups excluding carboxylic acids is 3. The van der Waals surface area contributed by atoms with Gasteiger partial charge in [0.15, 0.2) is 56.2 Å². The maximum atomic E-state index is 16.8. The number of aliphatic hydroxyl groups excluding tert-OH is 24. The molecule has 4 saturated carbocycles. The molecule has 806 valence electrons. The Kier molecular flexibility index (Phi) is 36.2. The average Bonchev–Trinajstić information content (AvgIpc) is 0.729. The molecule has 8 saturated heterocycles. The highest BCUT2D eigenvalue weighted by Crippen LogP contribution is 2.76. The third-order valence-electron chi connectivity index (χ3n) is 33.2. The topological polar surface area (TPSA) is 723 Å². The van der Waals surface area contributed by atoms with Crippen LogP contribution >= 0.6 is 0 Å². The number of hydrogen-bond acceptors (Lipinski definition) is 46. The molecule has 8 aliphatic heterocycles. The number of rotatable bonds is 34. The zero-order valence-corrected chi connectivity index (χ0v) is 81.0. The molecule has 13 aliphatic rings. The van der Waals surface area contributed by atoms with Gasteiger partial charge >= 0.3 is 17.9 Å². The molecule has 0 radical (unpaired) electrons. The zero-order valence-electron chi connectivity index (χ0n) is 81.0. The molecular formula is C95H150O46. The van der Waals surface area contributed by atoms with Crippen LogP contribution in [-0.4, -0.2) is 455 Å². The summed E-state index contributed by atoms with van der Waals surface area (Å²) in [5, 5.41) is 279. The van der Waals surface area contributed by atoms with Crippen molar-refractivity contribution in [1.82, 2.24) is 0 Å². The van der Waals surface area contributed by atoms with E-state index in [1.165, 1.54) is 45.1 Å². The Morgan fingerprint density at radius 2 is 0.929 bits per heavy atom. The summed E-state index contributed by atoms with van der Waals surface area (Å²) >= 11 is 0. The lowest BCUT2D eigenvalue weighted by atomic mass is 9.33. The summed E-state index contributed by atoms with van der Waals surface area (Å²) in [5.74, 6) is -4.82. The Labute approximate surface area is 815 Å². The molecule has 8 heterocycles. The summed E-state index contributed by atoms with van der Waals surface area (Å²) in [7, 11) is 0. The normalized spacial score (nSPS) is 48.2. The molecule has 49 atom stereocenters. The summed E-state index contributed by atoms with van der Waals surface area (Å²) in [6, 6.07) is 0. The molecular weight excluding hydrogens is 1880 g/mol. The van der Waals surface area contributed by atoms with Gasteiger partial charge in [0.2, 0.25) is 6.29 Å². The Morgan fingerprint density at radius 3 is 1.52 bits per heavy atom. The number of ether oxygens (including phenoxy) is 18. The summed E-state index contributed by atoms with van der Waals surface area (Å²) in [6.45, 7) is 21.3. The summed E-state index contributed by atoms with van der Waals surface area (Å²) in [4.78, 5) is 45.2. The van der Waals surface area contributed by atoms with Crippen LogP contribution in [0.3, 0.4) is 0 Å². The highest BCUT2D eigenvalue weighted by molar-refractivity contribution is 5.89. The van der Waals surface area contributed by atoms with E-state index in [1.54, 1.807) is 20.8 Å². The van der Waals surface area contributed by atoms with E-state index in [0.717, 1.165) is 0 Å². The predicted molar refractivity (Wildman–Crippen MR) is 473 cm³/mol. The third kappa shape index (κ3) is 22.1. The number of fused-ring (bicyclic) bond motifs is 7. The first-order valence-electron chi connectivity index (χ1n) is 48.6. The Balaban J connectivity index is 0.776. The van der Waals surface area contributed by atoms with E-state index in [2.05, 4.69) is 33.1 Å². The van der Waals surface area contributed by atoms with Gasteiger partial charge in [-0.3, -0.25) is 4.79 Å². The lowest BCUT2D eigenvalue weighted by Crippen LogP contribution is -2.70. The number of hydrogen-bond donors (Lipinski definition) is 25. The van der Waals surface area contributed by atoms with Crippen molar-refractivity contribution in [1.29, 1.82) is 0 Å². The number of aliphatic hydroxyl groups is 25. The van der Waals surface area contributed by atoms with Crippen LogP contribution in [0.5, 0.6) is 0 Å². The van der Waals surface area contributed by atoms with Crippen LogP contribution in [-0.2, 0) is 99.6 Å². The largest absolute Gasteiger partial charge is 0.458 e. The summed E-state index contributed by atoms with van der Waals surface area (Å²) in [6.07, 6.45) is -61.2. The monoisotopic (exact) mass is 2030 g/mol. The molecule has 12 fully saturated rings. The second kappa shape index (κ2) is 45.0. The molecule has 0 aromatic rings. The Hall–Kier alpha value is -4.49. The first kappa shape index (κ1) is 114. The fourth-order valence-electron chi connectivity index (χ4n) is 24.0. The first-order chi connectivity index (χ1) is 66.1. The van der Waals surface area contributed by atoms with Crippen molar-refractivity contribution in [2.45, 2.75) is 410 Å². The van der Waals surface area contributed by atoms with Crippen LogP contribution in [0.15, 0.2) is 60.3 Å². The fourth-order valence-corrected chi connectivity index (χ4v) is 24.0. The van der Waals surface area contributed by atoms with Gasteiger partial charge in [-0.2, -0.15) is 0 Å².